The molecule has 15 heavy (non-hydrogen) atoms. The molecule has 1 aromatic heterocycles. The number of amides is 1. The maximum atomic E-state index is 11.5. The fraction of sp³-hybridized carbons (Fsp3) is 0.500. The van der Waals surface area contributed by atoms with E-state index in [0.29, 0.717) is 12.5 Å². The highest BCUT2D eigenvalue weighted by Gasteiger charge is 2.23. The molecular formula is C12H16N2O. The van der Waals surface area contributed by atoms with E-state index in [2.05, 4.69) is 17.2 Å². The van der Waals surface area contributed by atoms with E-state index in [9.17, 15) is 4.79 Å². The summed E-state index contributed by atoms with van der Waals surface area (Å²) in [6.07, 6.45) is 6.43. The molecule has 1 aliphatic rings. The number of carbonyl (C=O) groups excluding carboxylic acids is 1. The van der Waals surface area contributed by atoms with Crippen LogP contribution in [0.2, 0.25) is 0 Å². The third-order valence-electron chi connectivity index (χ3n) is 2.69. The summed E-state index contributed by atoms with van der Waals surface area (Å²) in [5, 5.41) is 3.00. The van der Waals surface area contributed by atoms with Crippen molar-refractivity contribution in [1.29, 1.82) is 0 Å². The van der Waals surface area contributed by atoms with Gasteiger partial charge in [0.15, 0.2) is 0 Å². The lowest BCUT2D eigenvalue weighted by Gasteiger charge is -2.10. The fourth-order valence-corrected chi connectivity index (χ4v) is 1.58. The molecule has 1 amide bonds. The monoisotopic (exact) mass is 204 g/mol. The van der Waals surface area contributed by atoms with Crippen molar-refractivity contribution in [3.63, 3.8) is 0 Å². The molecule has 1 atom stereocenters. The maximum Gasteiger partial charge on any atom is 0.220 e. The van der Waals surface area contributed by atoms with E-state index in [1.807, 2.05) is 18.3 Å². The van der Waals surface area contributed by atoms with Gasteiger partial charge in [-0.2, -0.15) is 0 Å². The molecule has 3 heteroatoms. The van der Waals surface area contributed by atoms with Crippen LogP contribution >= 0.6 is 0 Å². The Kier molecular flexibility index (Phi) is 2.99. The molecule has 1 N–H and O–H groups in total. The Morgan fingerprint density at radius 2 is 2.47 bits per heavy atom. The van der Waals surface area contributed by atoms with Crippen molar-refractivity contribution in [2.24, 2.45) is 0 Å². The van der Waals surface area contributed by atoms with Crippen molar-refractivity contribution in [3.8, 4) is 0 Å². The zero-order valence-electron chi connectivity index (χ0n) is 8.94. The van der Waals surface area contributed by atoms with Gasteiger partial charge >= 0.3 is 0 Å². The average molecular weight is 204 g/mol. The van der Waals surface area contributed by atoms with E-state index < -0.39 is 0 Å². The van der Waals surface area contributed by atoms with E-state index in [1.54, 1.807) is 6.20 Å². The van der Waals surface area contributed by atoms with Crippen molar-refractivity contribution < 1.29 is 4.79 Å². The number of pyridine rings is 1. The Hall–Kier alpha value is -1.38. The first-order valence-electron chi connectivity index (χ1n) is 5.45. The largest absolute Gasteiger partial charge is 0.353 e. The molecule has 0 saturated heterocycles. The molecule has 3 nitrogen and oxygen atoms in total. The molecule has 80 valence electrons. The molecule has 1 aliphatic carbocycles. The Bertz CT molecular complexity index is 333. The van der Waals surface area contributed by atoms with Gasteiger partial charge in [-0.25, -0.2) is 0 Å². The van der Waals surface area contributed by atoms with Crippen LogP contribution in [0.5, 0.6) is 0 Å². The van der Waals surface area contributed by atoms with Crippen LogP contribution in [0.25, 0.3) is 0 Å². The third-order valence-corrected chi connectivity index (χ3v) is 2.69. The zero-order chi connectivity index (χ0) is 10.7. The average Bonchev–Trinajstić information content (AvgIpc) is 3.03. The number of carbonyl (C=O) groups is 1. The minimum Gasteiger partial charge on any atom is -0.353 e. The summed E-state index contributed by atoms with van der Waals surface area (Å²) < 4.78 is 0. The van der Waals surface area contributed by atoms with Gasteiger partial charge in [0.05, 0.1) is 0 Å². The highest BCUT2D eigenvalue weighted by atomic mass is 16.1. The predicted octanol–water partition coefficient (Wildman–Crippen LogP) is 1.85. The first-order chi connectivity index (χ1) is 7.25. The number of nitrogens with one attached hydrogen (secondary N) is 1. The van der Waals surface area contributed by atoms with E-state index in [-0.39, 0.29) is 11.8 Å². The molecule has 0 bridgehead atoms. The van der Waals surface area contributed by atoms with Gasteiger partial charge in [0, 0.05) is 24.9 Å². The molecule has 0 radical (unpaired) electrons. The second-order valence-electron chi connectivity index (χ2n) is 4.23. The normalized spacial score (nSPS) is 17.1. The summed E-state index contributed by atoms with van der Waals surface area (Å²) in [6, 6.07) is 4.38. The lowest BCUT2D eigenvalue weighted by Crippen LogP contribution is -2.26. The van der Waals surface area contributed by atoms with Gasteiger partial charge < -0.3 is 5.32 Å². The first-order valence-corrected chi connectivity index (χ1v) is 5.45. The second kappa shape index (κ2) is 4.43. The quantitative estimate of drug-likeness (QED) is 0.813. The van der Waals surface area contributed by atoms with Gasteiger partial charge in [0.1, 0.15) is 0 Å². The van der Waals surface area contributed by atoms with Gasteiger partial charge in [0.2, 0.25) is 5.91 Å². The first kappa shape index (κ1) is 10.1. The SMILES string of the molecule is CC(CC(=O)NC1CC1)c1cccnc1. The van der Waals surface area contributed by atoms with Crippen molar-refractivity contribution in [3.05, 3.63) is 30.1 Å². The van der Waals surface area contributed by atoms with Crippen molar-refractivity contribution in [2.45, 2.75) is 38.1 Å². The summed E-state index contributed by atoms with van der Waals surface area (Å²) in [7, 11) is 0. The molecule has 1 saturated carbocycles. The minimum atomic E-state index is 0.161. The van der Waals surface area contributed by atoms with Crippen LogP contribution in [0.1, 0.15) is 37.7 Å². The van der Waals surface area contributed by atoms with E-state index in [4.69, 9.17) is 0 Å². The number of nitrogens with zero attached hydrogens (tertiary/aromatic N) is 1. The number of rotatable bonds is 4. The Morgan fingerprint density at radius 3 is 3.07 bits per heavy atom. The summed E-state index contributed by atoms with van der Waals surface area (Å²) >= 11 is 0. The van der Waals surface area contributed by atoms with Crippen LogP contribution in [0.3, 0.4) is 0 Å². The van der Waals surface area contributed by atoms with E-state index in [0.717, 1.165) is 18.4 Å². The standard InChI is InChI=1S/C12H16N2O/c1-9(10-3-2-6-13-8-10)7-12(15)14-11-4-5-11/h2-3,6,8-9,11H,4-5,7H2,1H3,(H,14,15). The summed E-state index contributed by atoms with van der Waals surface area (Å²) in [4.78, 5) is 15.6. The predicted molar refractivity (Wildman–Crippen MR) is 58.4 cm³/mol. The highest BCUT2D eigenvalue weighted by molar-refractivity contribution is 5.77. The Labute approximate surface area is 89.9 Å². The minimum absolute atomic E-state index is 0.161. The number of aromatic nitrogens is 1. The smallest absolute Gasteiger partial charge is 0.220 e. The molecule has 2 rings (SSSR count). The van der Waals surface area contributed by atoms with E-state index in [1.165, 1.54) is 0 Å². The second-order valence-corrected chi connectivity index (χ2v) is 4.23. The number of hydrogen-bond acceptors (Lipinski definition) is 2. The molecule has 1 heterocycles. The van der Waals surface area contributed by atoms with Crippen LogP contribution in [0, 0.1) is 0 Å². The third kappa shape index (κ3) is 3.05. The molecule has 1 aromatic rings. The molecule has 1 fully saturated rings. The molecular weight excluding hydrogens is 188 g/mol. The molecule has 0 aliphatic heterocycles. The van der Waals surface area contributed by atoms with Crippen LogP contribution in [0.4, 0.5) is 0 Å². The lowest BCUT2D eigenvalue weighted by atomic mass is 9.99. The maximum absolute atomic E-state index is 11.5. The summed E-state index contributed by atoms with van der Waals surface area (Å²) in [5.74, 6) is 0.409. The Morgan fingerprint density at radius 1 is 1.67 bits per heavy atom. The molecule has 0 spiro atoms. The van der Waals surface area contributed by atoms with Crippen molar-refractivity contribution >= 4 is 5.91 Å². The lowest BCUT2D eigenvalue weighted by molar-refractivity contribution is -0.121. The summed E-state index contributed by atoms with van der Waals surface area (Å²) in [5.41, 5.74) is 1.13. The van der Waals surface area contributed by atoms with Gasteiger partial charge in [-0.1, -0.05) is 13.0 Å². The van der Waals surface area contributed by atoms with Crippen molar-refractivity contribution in [1.82, 2.24) is 10.3 Å². The van der Waals surface area contributed by atoms with Crippen LogP contribution < -0.4 is 5.32 Å². The topological polar surface area (TPSA) is 42.0 Å². The van der Waals surface area contributed by atoms with E-state index >= 15 is 0 Å². The van der Waals surface area contributed by atoms with Gasteiger partial charge in [-0.15, -0.1) is 0 Å². The van der Waals surface area contributed by atoms with Gasteiger partial charge in [-0.05, 0) is 30.4 Å². The number of hydrogen-bond donors (Lipinski definition) is 1. The van der Waals surface area contributed by atoms with Gasteiger partial charge in [-0.3, -0.25) is 9.78 Å². The van der Waals surface area contributed by atoms with Gasteiger partial charge in [0.25, 0.3) is 0 Å². The molecule has 1 unspecified atom stereocenters. The molecule has 0 aromatic carbocycles. The van der Waals surface area contributed by atoms with Crippen LogP contribution in [-0.2, 0) is 4.79 Å². The van der Waals surface area contributed by atoms with Crippen LogP contribution in [0.15, 0.2) is 24.5 Å². The summed E-state index contributed by atoms with van der Waals surface area (Å²) in [6.45, 7) is 2.06. The van der Waals surface area contributed by atoms with Crippen LogP contribution in [-0.4, -0.2) is 16.9 Å². The van der Waals surface area contributed by atoms with Crippen molar-refractivity contribution in [2.75, 3.05) is 0 Å². The Balaban J connectivity index is 1.85. The fourth-order valence-electron chi connectivity index (χ4n) is 1.58. The zero-order valence-corrected chi connectivity index (χ0v) is 8.94. The highest BCUT2D eigenvalue weighted by Crippen LogP contribution is 2.21.